The van der Waals surface area contributed by atoms with Crippen molar-refractivity contribution < 1.29 is 9.53 Å². The Bertz CT molecular complexity index is 374. The molecule has 0 amide bonds. The van der Waals surface area contributed by atoms with E-state index in [2.05, 4.69) is 15.0 Å². The Hall–Kier alpha value is -1.71. The number of benzene rings is 1. The van der Waals surface area contributed by atoms with Crippen molar-refractivity contribution in [3.63, 3.8) is 0 Å². The molecule has 0 bridgehead atoms. The number of methoxy groups -OCH3 is 1. The van der Waals surface area contributed by atoms with Gasteiger partial charge in [-0.25, -0.2) is 4.79 Å². The largest absolute Gasteiger partial charge is 0.467 e. The second kappa shape index (κ2) is 2.97. The second-order valence-electron chi connectivity index (χ2n) is 2.70. The van der Waals surface area contributed by atoms with Gasteiger partial charge < -0.3 is 4.74 Å². The summed E-state index contributed by atoms with van der Waals surface area (Å²) >= 11 is 0. The lowest BCUT2D eigenvalue weighted by Crippen LogP contribution is -2.09. The van der Waals surface area contributed by atoms with E-state index in [0.29, 0.717) is 0 Å². The van der Waals surface area contributed by atoms with E-state index in [4.69, 9.17) is 0 Å². The topological polar surface area (TPSA) is 51.0 Å². The van der Waals surface area contributed by atoms with Gasteiger partial charge >= 0.3 is 5.97 Å². The predicted octanol–water partition coefficient (Wildman–Crippen LogP) is 2.00. The summed E-state index contributed by atoms with van der Waals surface area (Å²) in [7, 11) is 1.35. The second-order valence-corrected chi connectivity index (χ2v) is 2.70. The molecule has 0 aromatic heterocycles. The summed E-state index contributed by atoms with van der Waals surface area (Å²) in [5.74, 6) is -0.367. The van der Waals surface area contributed by atoms with Crippen LogP contribution in [0, 0.1) is 0 Å². The molecule has 1 heterocycles. The molecule has 1 unspecified atom stereocenters. The van der Waals surface area contributed by atoms with Crippen LogP contribution in [0.4, 0.5) is 5.69 Å². The summed E-state index contributed by atoms with van der Waals surface area (Å²) in [5.41, 5.74) is 1.56. The van der Waals surface area contributed by atoms with Gasteiger partial charge in [0.25, 0.3) is 0 Å². The lowest BCUT2D eigenvalue weighted by Gasteiger charge is -2.03. The number of carbonyl (C=O) groups is 1. The Labute approximate surface area is 75.2 Å². The number of azo groups is 1. The maximum absolute atomic E-state index is 11.2. The normalized spacial score (nSPS) is 18.4. The average Bonchev–Trinajstić information content (AvgIpc) is 2.60. The SMILES string of the molecule is COC(=O)C1N=Nc2ccccc21. The van der Waals surface area contributed by atoms with Gasteiger partial charge in [0.1, 0.15) is 0 Å². The highest BCUT2D eigenvalue weighted by Gasteiger charge is 2.27. The Morgan fingerprint density at radius 2 is 2.23 bits per heavy atom. The fourth-order valence-corrected chi connectivity index (χ4v) is 1.28. The third-order valence-electron chi connectivity index (χ3n) is 1.94. The highest BCUT2D eigenvalue weighted by atomic mass is 16.5. The van der Waals surface area contributed by atoms with Crippen molar-refractivity contribution in [3.05, 3.63) is 29.8 Å². The van der Waals surface area contributed by atoms with Gasteiger partial charge in [-0.1, -0.05) is 18.2 Å². The molecule has 1 aromatic carbocycles. The first-order valence-electron chi connectivity index (χ1n) is 3.90. The van der Waals surface area contributed by atoms with Crippen molar-refractivity contribution >= 4 is 11.7 Å². The Kier molecular flexibility index (Phi) is 1.81. The molecule has 0 saturated carbocycles. The molecule has 66 valence electrons. The molecule has 0 radical (unpaired) electrons. The van der Waals surface area contributed by atoms with Crippen LogP contribution in [0.5, 0.6) is 0 Å². The number of nitrogens with zero attached hydrogens (tertiary/aromatic N) is 2. The van der Waals surface area contributed by atoms with Gasteiger partial charge in [-0.15, -0.1) is 0 Å². The van der Waals surface area contributed by atoms with E-state index in [0.717, 1.165) is 11.3 Å². The number of hydrogen-bond acceptors (Lipinski definition) is 4. The summed E-state index contributed by atoms with van der Waals surface area (Å²) in [4.78, 5) is 11.2. The zero-order valence-corrected chi connectivity index (χ0v) is 7.10. The van der Waals surface area contributed by atoms with E-state index >= 15 is 0 Å². The highest BCUT2D eigenvalue weighted by molar-refractivity contribution is 5.80. The number of carbonyl (C=O) groups excluding carboxylic acids is 1. The Balaban J connectivity index is 2.38. The van der Waals surface area contributed by atoms with Crippen molar-refractivity contribution in [1.82, 2.24) is 0 Å². The molecule has 4 nitrogen and oxygen atoms in total. The zero-order chi connectivity index (χ0) is 9.26. The van der Waals surface area contributed by atoms with Crippen molar-refractivity contribution in [2.75, 3.05) is 7.11 Å². The van der Waals surface area contributed by atoms with Crippen LogP contribution in [0.3, 0.4) is 0 Å². The van der Waals surface area contributed by atoms with Gasteiger partial charge in [0.05, 0.1) is 12.8 Å². The fourth-order valence-electron chi connectivity index (χ4n) is 1.28. The quantitative estimate of drug-likeness (QED) is 0.614. The summed E-state index contributed by atoms with van der Waals surface area (Å²) in [6.07, 6.45) is 0. The van der Waals surface area contributed by atoms with E-state index < -0.39 is 6.04 Å². The van der Waals surface area contributed by atoms with Crippen LogP contribution in [0.2, 0.25) is 0 Å². The Morgan fingerprint density at radius 1 is 1.46 bits per heavy atom. The third kappa shape index (κ3) is 1.20. The minimum atomic E-state index is -0.568. The first kappa shape index (κ1) is 7.91. The smallest absolute Gasteiger partial charge is 0.337 e. The first-order valence-corrected chi connectivity index (χ1v) is 3.90. The molecular formula is C9H8N2O2. The van der Waals surface area contributed by atoms with Crippen LogP contribution in [0.1, 0.15) is 11.6 Å². The van der Waals surface area contributed by atoms with Gasteiger partial charge in [0, 0.05) is 5.56 Å². The molecule has 0 N–H and O–H groups in total. The summed E-state index contributed by atoms with van der Waals surface area (Å²) in [6.45, 7) is 0. The van der Waals surface area contributed by atoms with Gasteiger partial charge in [-0.2, -0.15) is 10.2 Å². The van der Waals surface area contributed by atoms with Crippen LogP contribution in [0.25, 0.3) is 0 Å². The molecule has 0 fully saturated rings. The summed E-state index contributed by atoms with van der Waals surface area (Å²) in [5, 5.41) is 7.70. The molecule has 1 aliphatic heterocycles. The summed E-state index contributed by atoms with van der Waals surface area (Å²) < 4.78 is 4.60. The molecule has 0 aliphatic carbocycles. The van der Waals surface area contributed by atoms with Crippen LogP contribution in [-0.4, -0.2) is 13.1 Å². The van der Waals surface area contributed by atoms with Gasteiger partial charge in [-0.3, -0.25) is 0 Å². The third-order valence-corrected chi connectivity index (χ3v) is 1.94. The fraction of sp³-hybridized carbons (Fsp3) is 0.222. The van der Waals surface area contributed by atoms with Gasteiger partial charge in [0.2, 0.25) is 0 Å². The van der Waals surface area contributed by atoms with E-state index in [-0.39, 0.29) is 5.97 Å². The summed E-state index contributed by atoms with van der Waals surface area (Å²) in [6, 6.07) is 6.79. The number of esters is 1. The molecule has 0 saturated heterocycles. The molecule has 13 heavy (non-hydrogen) atoms. The number of ether oxygens (including phenoxy) is 1. The van der Waals surface area contributed by atoms with Crippen molar-refractivity contribution in [2.45, 2.75) is 6.04 Å². The number of hydrogen-bond donors (Lipinski definition) is 0. The predicted molar refractivity (Wildman–Crippen MR) is 45.7 cm³/mol. The Morgan fingerprint density at radius 3 is 3.00 bits per heavy atom. The van der Waals surface area contributed by atoms with E-state index in [1.807, 2.05) is 24.3 Å². The van der Waals surface area contributed by atoms with Crippen LogP contribution >= 0.6 is 0 Å². The molecule has 4 heteroatoms. The lowest BCUT2D eigenvalue weighted by atomic mass is 10.1. The molecule has 1 aliphatic rings. The average molecular weight is 176 g/mol. The molecule has 1 aromatic rings. The van der Waals surface area contributed by atoms with Crippen LogP contribution in [0.15, 0.2) is 34.5 Å². The lowest BCUT2D eigenvalue weighted by molar-refractivity contribution is -0.142. The molecular weight excluding hydrogens is 168 g/mol. The van der Waals surface area contributed by atoms with Crippen molar-refractivity contribution in [1.29, 1.82) is 0 Å². The number of rotatable bonds is 1. The van der Waals surface area contributed by atoms with Crippen molar-refractivity contribution in [3.8, 4) is 0 Å². The van der Waals surface area contributed by atoms with Crippen LogP contribution < -0.4 is 0 Å². The van der Waals surface area contributed by atoms with E-state index in [1.165, 1.54) is 7.11 Å². The van der Waals surface area contributed by atoms with Gasteiger partial charge in [-0.05, 0) is 6.07 Å². The number of fused-ring (bicyclic) bond motifs is 1. The van der Waals surface area contributed by atoms with Gasteiger partial charge in [0.15, 0.2) is 6.04 Å². The van der Waals surface area contributed by atoms with E-state index in [9.17, 15) is 4.79 Å². The molecule has 1 atom stereocenters. The molecule has 2 rings (SSSR count). The van der Waals surface area contributed by atoms with Crippen LogP contribution in [-0.2, 0) is 9.53 Å². The standard InChI is InChI=1S/C9H8N2O2/c1-13-9(12)8-6-4-2-3-5-7(6)10-11-8/h2-5,8H,1H3. The minimum absolute atomic E-state index is 0.367. The minimum Gasteiger partial charge on any atom is -0.467 e. The first-order chi connectivity index (χ1) is 6.33. The zero-order valence-electron chi connectivity index (χ0n) is 7.10. The van der Waals surface area contributed by atoms with E-state index in [1.54, 1.807) is 0 Å². The van der Waals surface area contributed by atoms with Crippen molar-refractivity contribution in [2.24, 2.45) is 10.2 Å². The molecule has 0 spiro atoms. The highest BCUT2D eigenvalue weighted by Crippen LogP contribution is 2.35. The monoisotopic (exact) mass is 176 g/mol. The maximum atomic E-state index is 11.2. The maximum Gasteiger partial charge on any atom is 0.337 e.